The van der Waals surface area contributed by atoms with Gasteiger partial charge in [-0.05, 0) is 30.3 Å². The highest BCUT2D eigenvalue weighted by atomic mass is 35.5. The van der Waals surface area contributed by atoms with Gasteiger partial charge in [-0.3, -0.25) is 0 Å². The molecule has 3 aromatic rings. The molecule has 3 heteroatoms. The van der Waals surface area contributed by atoms with Gasteiger partial charge in [-0.1, -0.05) is 17.7 Å². The Kier molecular flexibility index (Phi) is 2.04. The van der Waals surface area contributed by atoms with Crippen LogP contribution in [0.2, 0.25) is 5.02 Å². The number of H-pyrrole nitrogens is 1. The van der Waals surface area contributed by atoms with Crippen LogP contribution in [0.3, 0.4) is 0 Å². The minimum atomic E-state index is 0.770. The highest BCUT2D eigenvalue weighted by Gasteiger charge is 2.04. The van der Waals surface area contributed by atoms with E-state index in [4.69, 9.17) is 11.6 Å². The molecular formula is C13H11ClN2. The zero-order valence-corrected chi connectivity index (χ0v) is 9.60. The number of hydrogen-bond acceptors (Lipinski definition) is 1. The van der Waals surface area contributed by atoms with Gasteiger partial charge in [0.1, 0.15) is 0 Å². The Morgan fingerprint density at radius 2 is 1.88 bits per heavy atom. The van der Waals surface area contributed by atoms with E-state index in [1.165, 1.54) is 10.8 Å². The third kappa shape index (κ3) is 1.34. The smallest absolute Gasteiger partial charge is 0.0485 e. The largest absolute Gasteiger partial charge is 0.388 e. The van der Waals surface area contributed by atoms with Gasteiger partial charge in [0, 0.05) is 39.6 Å². The summed E-state index contributed by atoms with van der Waals surface area (Å²) >= 11 is 6.01. The Balaban J connectivity index is 2.41. The first-order valence-corrected chi connectivity index (χ1v) is 5.54. The van der Waals surface area contributed by atoms with Gasteiger partial charge in [0.25, 0.3) is 0 Å². The molecule has 0 aliphatic heterocycles. The van der Waals surface area contributed by atoms with Crippen molar-refractivity contribution in [2.75, 3.05) is 12.4 Å². The lowest BCUT2D eigenvalue weighted by molar-refractivity contribution is 1.50. The standard InChI is InChI=1S/C13H11ClN2/c1-15-9-3-4-10-11-6-8(14)2-5-12(11)16-13(10)7-9/h2-7,15-16H,1H3. The normalized spacial score (nSPS) is 11.1. The zero-order valence-electron chi connectivity index (χ0n) is 8.84. The molecule has 0 spiro atoms. The number of anilines is 1. The maximum Gasteiger partial charge on any atom is 0.0485 e. The number of halogens is 1. The lowest BCUT2D eigenvalue weighted by atomic mass is 10.1. The van der Waals surface area contributed by atoms with E-state index in [0.29, 0.717) is 0 Å². The van der Waals surface area contributed by atoms with Crippen molar-refractivity contribution in [3.05, 3.63) is 41.4 Å². The third-order valence-electron chi connectivity index (χ3n) is 2.85. The van der Waals surface area contributed by atoms with Crippen LogP contribution >= 0.6 is 11.6 Å². The average Bonchev–Trinajstić information content (AvgIpc) is 2.66. The molecule has 0 aliphatic carbocycles. The van der Waals surface area contributed by atoms with Crippen LogP contribution in [-0.4, -0.2) is 12.0 Å². The van der Waals surface area contributed by atoms with Crippen LogP contribution in [0.25, 0.3) is 21.8 Å². The molecule has 0 fully saturated rings. The maximum atomic E-state index is 6.01. The van der Waals surface area contributed by atoms with Crippen molar-refractivity contribution in [1.82, 2.24) is 4.98 Å². The summed E-state index contributed by atoms with van der Waals surface area (Å²) in [6.45, 7) is 0. The van der Waals surface area contributed by atoms with E-state index in [-0.39, 0.29) is 0 Å². The van der Waals surface area contributed by atoms with Gasteiger partial charge in [0.2, 0.25) is 0 Å². The molecule has 2 aromatic carbocycles. The lowest BCUT2D eigenvalue weighted by Crippen LogP contribution is -1.85. The molecule has 80 valence electrons. The average molecular weight is 231 g/mol. The molecule has 0 amide bonds. The fourth-order valence-electron chi connectivity index (χ4n) is 2.03. The summed E-state index contributed by atoms with van der Waals surface area (Å²) in [6.07, 6.45) is 0. The number of rotatable bonds is 1. The van der Waals surface area contributed by atoms with Crippen molar-refractivity contribution in [3.63, 3.8) is 0 Å². The fraction of sp³-hybridized carbons (Fsp3) is 0.0769. The third-order valence-corrected chi connectivity index (χ3v) is 3.08. The van der Waals surface area contributed by atoms with E-state index in [1.54, 1.807) is 0 Å². The number of benzene rings is 2. The van der Waals surface area contributed by atoms with Crippen LogP contribution in [0, 0.1) is 0 Å². The van der Waals surface area contributed by atoms with Crippen LogP contribution in [0.15, 0.2) is 36.4 Å². The minimum Gasteiger partial charge on any atom is -0.388 e. The summed E-state index contributed by atoms with van der Waals surface area (Å²) in [6, 6.07) is 12.2. The van der Waals surface area contributed by atoms with Gasteiger partial charge in [0.05, 0.1) is 0 Å². The number of nitrogens with one attached hydrogen (secondary N) is 2. The molecular weight excluding hydrogens is 220 g/mol. The summed E-state index contributed by atoms with van der Waals surface area (Å²) < 4.78 is 0. The molecule has 0 bridgehead atoms. The Morgan fingerprint density at radius 3 is 2.69 bits per heavy atom. The van der Waals surface area contributed by atoms with Crippen LogP contribution < -0.4 is 5.32 Å². The summed E-state index contributed by atoms with van der Waals surface area (Å²) in [5.41, 5.74) is 3.35. The second-order valence-electron chi connectivity index (χ2n) is 3.83. The minimum absolute atomic E-state index is 0.770. The van der Waals surface area contributed by atoms with Gasteiger partial charge in [0.15, 0.2) is 0 Å². The molecule has 0 atom stereocenters. The van der Waals surface area contributed by atoms with Gasteiger partial charge in [-0.25, -0.2) is 0 Å². The van der Waals surface area contributed by atoms with Crippen molar-refractivity contribution in [2.45, 2.75) is 0 Å². The topological polar surface area (TPSA) is 27.8 Å². The number of fused-ring (bicyclic) bond motifs is 3. The molecule has 1 aromatic heterocycles. The zero-order chi connectivity index (χ0) is 11.1. The van der Waals surface area contributed by atoms with E-state index >= 15 is 0 Å². The Labute approximate surface area is 98.2 Å². The first kappa shape index (κ1) is 9.55. The molecule has 1 heterocycles. The second kappa shape index (κ2) is 3.42. The summed E-state index contributed by atoms with van der Waals surface area (Å²) in [5, 5.41) is 6.27. The molecule has 0 unspecified atom stereocenters. The molecule has 0 saturated heterocycles. The Morgan fingerprint density at radius 1 is 1.00 bits per heavy atom. The van der Waals surface area contributed by atoms with E-state index in [0.717, 1.165) is 21.7 Å². The molecule has 3 rings (SSSR count). The van der Waals surface area contributed by atoms with Gasteiger partial charge in [-0.2, -0.15) is 0 Å². The second-order valence-corrected chi connectivity index (χ2v) is 4.26. The summed E-state index contributed by atoms with van der Waals surface area (Å²) in [5.74, 6) is 0. The number of hydrogen-bond donors (Lipinski definition) is 2. The van der Waals surface area contributed by atoms with Crippen LogP contribution in [0.5, 0.6) is 0 Å². The van der Waals surface area contributed by atoms with Crippen LogP contribution in [0.1, 0.15) is 0 Å². The van der Waals surface area contributed by atoms with E-state index < -0.39 is 0 Å². The predicted molar refractivity (Wildman–Crippen MR) is 70.4 cm³/mol. The SMILES string of the molecule is CNc1ccc2c(c1)[nH]c1ccc(Cl)cc12. The molecule has 2 nitrogen and oxygen atoms in total. The van der Waals surface area contributed by atoms with Gasteiger partial charge < -0.3 is 10.3 Å². The number of aromatic nitrogens is 1. The highest BCUT2D eigenvalue weighted by molar-refractivity contribution is 6.31. The highest BCUT2D eigenvalue weighted by Crippen LogP contribution is 2.29. The molecule has 0 saturated carbocycles. The van der Waals surface area contributed by atoms with Crippen molar-refractivity contribution < 1.29 is 0 Å². The molecule has 0 aliphatic rings. The quantitative estimate of drug-likeness (QED) is 0.649. The summed E-state index contributed by atoms with van der Waals surface area (Å²) in [4.78, 5) is 3.38. The fourth-order valence-corrected chi connectivity index (χ4v) is 2.20. The van der Waals surface area contributed by atoms with Crippen molar-refractivity contribution in [3.8, 4) is 0 Å². The van der Waals surface area contributed by atoms with Gasteiger partial charge >= 0.3 is 0 Å². The number of aromatic amines is 1. The van der Waals surface area contributed by atoms with Crippen molar-refractivity contribution in [2.24, 2.45) is 0 Å². The van der Waals surface area contributed by atoms with E-state index in [9.17, 15) is 0 Å². The predicted octanol–water partition coefficient (Wildman–Crippen LogP) is 4.02. The Bertz CT molecular complexity index is 670. The Hall–Kier alpha value is -1.67. The maximum absolute atomic E-state index is 6.01. The lowest BCUT2D eigenvalue weighted by Gasteiger charge is -1.98. The molecule has 16 heavy (non-hydrogen) atoms. The van der Waals surface area contributed by atoms with Crippen molar-refractivity contribution >= 4 is 39.1 Å². The molecule has 0 radical (unpaired) electrons. The van der Waals surface area contributed by atoms with Crippen LogP contribution in [-0.2, 0) is 0 Å². The van der Waals surface area contributed by atoms with Gasteiger partial charge in [-0.15, -0.1) is 0 Å². The monoisotopic (exact) mass is 230 g/mol. The summed E-state index contributed by atoms with van der Waals surface area (Å²) in [7, 11) is 1.92. The van der Waals surface area contributed by atoms with Crippen molar-refractivity contribution in [1.29, 1.82) is 0 Å². The van der Waals surface area contributed by atoms with Crippen LogP contribution in [0.4, 0.5) is 5.69 Å². The van der Waals surface area contributed by atoms with E-state index in [1.807, 2.05) is 25.2 Å². The first-order chi connectivity index (χ1) is 7.78. The first-order valence-electron chi connectivity index (χ1n) is 5.17. The van der Waals surface area contributed by atoms with E-state index in [2.05, 4.69) is 28.5 Å². The molecule has 2 N–H and O–H groups in total.